The normalized spacial score (nSPS) is 12.2. The zero-order valence-corrected chi connectivity index (χ0v) is 15.4. The van der Waals surface area contributed by atoms with Crippen LogP contribution in [0, 0.1) is 0 Å². The second kappa shape index (κ2) is 7.07. The van der Waals surface area contributed by atoms with Gasteiger partial charge in [-0.05, 0) is 69.0 Å². The first-order chi connectivity index (χ1) is 9.45. The van der Waals surface area contributed by atoms with E-state index in [-0.39, 0.29) is 11.9 Å². The van der Waals surface area contributed by atoms with Gasteiger partial charge in [-0.3, -0.25) is 4.79 Å². The highest BCUT2D eigenvalue weighted by molar-refractivity contribution is 9.13. The van der Waals surface area contributed by atoms with E-state index in [1.54, 1.807) is 0 Å². The summed E-state index contributed by atoms with van der Waals surface area (Å²) in [5, 5.41) is 3.71. The van der Waals surface area contributed by atoms with E-state index in [0.29, 0.717) is 9.90 Å². The SMILES string of the molecule is CC(Cc1cccc(Cl)c1)NC(=O)c1cc(Br)c(Br)s1. The lowest BCUT2D eigenvalue weighted by Gasteiger charge is -2.13. The number of thiophene rings is 1. The molecule has 1 atom stereocenters. The molecule has 20 heavy (non-hydrogen) atoms. The number of nitrogens with one attached hydrogen (secondary N) is 1. The summed E-state index contributed by atoms with van der Waals surface area (Å²) in [7, 11) is 0. The topological polar surface area (TPSA) is 29.1 Å². The Morgan fingerprint density at radius 1 is 1.40 bits per heavy atom. The van der Waals surface area contributed by atoms with E-state index in [9.17, 15) is 4.79 Å². The number of hydrogen-bond acceptors (Lipinski definition) is 2. The van der Waals surface area contributed by atoms with Gasteiger partial charge in [-0.1, -0.05) is 23.7 Å². The van der Waals surface area contributed by atoms with E-state index < -0.39 is 0 Å². The fraction of sp³-hybridized carbons (Fsp3) is 0.214. The molecule has 1 unspecified atom stereocenters. The van der Waals surface area contributed by atoms with Crippen molar-refractivity contribution in [3.8, 4) is 0 Å². The van der Waals surface area contributed by atoms with Gasteiger partial charge >= 0.3 is 0 Å². The van der Waals surface area contributed by atoms with E-state index in [2.05, 4.69) is 37.2 Å². The molecule has 0 bridgehead atoms. The van der Waals surface area contributed by atoms with E-state index in [0.717, 1.165) is 20.2 Å². The third-order valence-electron chi connectivity index (χ3n) is 2.68. The Bertz CT molecular complexity index is 610. The largest absolute Gasteiger partial charge is 0.349 e. The lowest BCUT2D eigenvalue weighted by molar-refractivity contribution is 0.0944. The zero-order valence-electron chi connectivity index (χ0n) is 10.6. The highest BCUT2D eigenvalue weighted by Crippen LogP contribution is 2.32. The standard InChI is InChI=1S/C14H12Br2ClNOS/c1-8(5-9-3-2-4-10(17)6-9)18-14(19)12-7-11(15)13(16)20-12/h2-4,6-8H,5H2,1H3,(H,18,19). The van der Waals surface area contributed by atoms with Crippen molar-refractivity contribution in [3.63, 3.8) is 0 Å². The molecular formula is C14H12Br2ClNOS. The molecule has 0 saturated heterocycles. The molecule has 0 saturated carbocycles. The summed E-state index contributed by atoms with van der Waals surface area (Å²) >= 11 is 14.1. The quantitative estimate of drug-likeness (QED) is 0.692. The number of hydrogen-bond donors (Lipinski definition) is 1. The summed E-state index contributed by atoms with van der Waals surface area (Å²) in [4.78, 5) is 12.8. The second-order valence-electron chi connectivity index (χ2n) is 4.44. The summed E-state index contributed by atoms with van der Waals surface area (Å²) in [6.07, 6.45) is 0.750. The summed E-state index contributed by atoms with van der Waals surface area (Å²) in [5.41, 5.74) is 1.11. The number of amides is 1. The van der Waals surface area contributed by atoms with Gasteiger partial charge in [-0.15, -0.1) is 11.3 Å². The maximum atomic E-state index is 12.1. The second-order valence-corrected chi connectivity index (χ2v) is 8.10. The maximum absolute atomic E-state index is 12.1. The first-order valence-corrected chi connectivity index (χ1v) is 8.74. The summed E-state index contributed by atoms with van der Waals surface area (Å²) in [6, 6.07) is 9.54. The summed E-state index contributed by atoms with van der Waals surface area (Å²) in [5.74, 6) is -0.0593. The molecule has 2 nitrogen and oxygen atoms in total. The van der Waals surface area contributed by atoms with Gasteiger partial charge < -0.3 is 5.32 Å². The average molecular weight is 438 g/mol. The van der Waals surface area contributed by atoms with Crippen molar-refractivity contribution in [3.05, 3.63) is 54.1 Å². The Hall–Kier alpha value is -0.360. The molecule has 0 spiro atoms. The van der Waals surface area contributed by atoms with Crippen LogP contribution in [0.2, 0.25) is 5.02 Å². The van der Waals surface area contributed by atoms with Crippen LogP contribution >= 0.6 is 54.8 Å². The molecule has 0 fully saturated rings. The molecule has 0 aliphatic carbocycles. The number of carbonyl (C=O) groups excluding carboxylic acids is 1. The number of carbonyl (C=O) groups is 1. The van der Waals surface area contributed by atoms with Crippen molar-refractivity contribution in [2.45, 2.75) is 19.4 Å². The van der Waals surface area contributed by atoms with Crippen LogP contribution < -0.4 is 5.32 Å². The van der Waals surface area contributed by atoms with Crippen LogP contribution in [0.15, 0.2) is 38.6 Å². The third-order valence-corrected chi connectivity index (χ3v) is 6.17. The summed E-state index contributed by atoms with van der Waals surface area (Å²) in [6.45, 7) is 1.98. The minimum absolute atomic E-state index is 0.0422. The Kier molecular flexibility index (Phi) is 5.66. The van der Waals surface area contributed by atoms with E-state index >= 15 is 0 Å². The van der Waals surface area contributed by atoms with Crippen molar-refractivity contribution in [1.29, 1.82) is 0 Å². The highest BCUT2D eigenvalue weighted by atomic mass is 79.9. The molecular weight excluding hydrogens is 425 g/mol. The van der Waals surface area contributed by atoms with Gasteiger partial charge in [0.05, 0.1) is 8.66 Å². The van der Waals surface area contributed by atoms with Gasteiger partial charge in [-0.25, -0.2) is 0 Å². The predicted octanol–water partition coefficient (Wildman–Crippen LogP) is 5.29. The molecule has 1 heterocycles. The number of halogens is 3. The highest BCUT2D eigenvalue weighted by Gasteiger charge is 2.14. The monoisotopic (exact) mass is 435 g/mol. The molecule has 1 N–H and O–H groups in total. The molecule has 1 amide bonds. The van der Waals surface area contributed by atoms with Gasteiger partial charge in [0, 0.05) is 15.5 Å². The average Bonchev–Trinajstić information content (AvgIpc) is 2.69. The van der Waals surface area contributed by atoms with Crippen molar-refractivity contribution >= 4 is 60.7 Å². The van der Waals surface area contributed by atoms with Gasteiger partial charge in [-0.2, -0.15) is 0 Å². The van der Waals surface area contributed by atoms with Crippen molar-refractivity contribution < 1.29 is 4.79 Å². The molecule has 1 aromatic heterocycles. The van der Waals surface area contributed by atoms with Crippen LogP contribution in [0.4, 0.5) is 0 Å². The van der Waals surface area contributed by atoms with E-state index in [1.165, 1.54) is 11.3 Å². The van der Waals surface area contributed by atoms with E-state index in [1.807, 2.05) is 37.3 Å². The molecule has 1 aromatic carbocycles. The van der Waals surface area contributed by atoms with Gasteiger partial charge in [0.25, 0.3) is 5.91 Å². The predicted molar refractivity (Wildman–Crippen MR) is 91.8 cm³/mol. The third kappa shape index (κ3) is 4.32. The molecule has 2 aromatic rings. The minimum atomic E-state index is -0.0593. The number of benzene rings is 1. The smallest absolute Gasteiger partial charge is 0.261 e. The summed E-state index contributed by atoms with van der Waals surface area (Å²) < 4.78 is 1.82. The van der Waals surface area contributed by atoms with E-state index in [4.69, 9.17) is 11.6 Å². The Morgan fingerprint density at radius 2 is 2.15 bits per heavy atom. The maximum Gasteiger partial charge on any atom is 0.261 e. The van der Waals surface area contributed by atoms with Crippen LogP contribution in [0.25, 0.3) is 0 Å². The lowest BCUT2D eigenvalue weighted by Crippen LogP contribution is -2.33. The van der Waals surface area contributed by atoms with Crippen LogP contribution in [-0.4, -0.2) is 11.9 Å². The van der Waals surface area contributed by atoms with Crippen molar-refractivity contribution in [2.24, 2.45) is 0 Å². The van der Waals surface area contributed by atoms with Crippen LogP contribution in [0.3, 0.4) is 0 Å². The molecule has 6 heteroatoms. The van der Waals surface area contributed by atoms with Gasteiger partial charge in [0.1, 0.15) is 0 Å². The Morgan fingerprint density at radius 3 is 2.75 bits per heavy atom. The first kappa shape index (κ1) is 16.0. The van der Waals surface area contributed by atoms with Gasteiger partial charge in [0.2, 0.25) is 0 Å². The van der Waals surface area contributed by atoms with Gasteiger partial charge in [0.15, 0.2) is 0 Å². The number of rotatable bonds is 4. The van der Waals surface area contributed by atoms with Crippen molar-refractivity contribution in [2.75, 3.05) is 0 Å². The molecule has 2 rings (SSSR count). The fourth-order valence-corrected chi connectivity index (χ4v) is 3.97. The molecule has 0 radical (unpaired) electrons. The molecule has 106 valence electrons. The Balaban J connectivity index is 1.97. The molecule has 0 aliphatic heterocycles. The zero-order chi connectivity index (χ0) is 14.7. The van der Waals surface area contributed by atoms with Crippen LogP contribution in [-0.2, 0) is 6.42 Å². The van der Waals surface area contributed by atoms with Crippen molar-refractivity contribution in [1.82, 2.24) is 5.32 Å². The molecule has 0 aliphatic rings. The first-order valence-electron chi connectivity index (χ1n) is 5.96. The fourth-order valence-electron chi connectivity index (χ4n) is 1.82. The Labute approximate surface area is 143 Å². The van der Waals surface area contributed by atoms with Crippen LogP contribution in [0.5, 0.6) is 0 Å². The lowest BCUT2D eigenvalue weighted by atomic mass is 10.1. The van der Waals surface area contributed by atoms with Crippen LogP contribution in [0.1, 0.15) is 22.2 Å². The minimum Gasteiger partial charge on any atom is -0.349 e.